The van der Waals surface area contributed by atoms with Crippen LogP contribution in [0.3, 0.4) is 0 Å². The zero-order valence-electron chi connectivity index (χ0n) is 16.0. The van der Waals surface area contributed by atoms with Gasteiger partial charge in [0.2, 0.25) is 6.23 Å². The highest BCUT2D eigenvalue weighted by molar-refractivity contribution is 6.31. The van der Waals surface area contributed by atoms with Gasteiger partial charge in [0, 0.05) is 27.6 Å². The molecule has 0 spiro atoms. The van der Waals surface area contributed by atoms with Crippen LogP contribution in [0, 0.1) is 5.82 Å². The summed E-state index contributed by atoms with van der Waals surface area (Å²) in [6, 6.07) is 17.4. The SMILES string of the molecule is COc1ccc(C2=NN3[C@H](C2)c2cc(Cl)ccc2O[C@@H]3c2cc(F)ccc2Cl)cc1. The van der Waals surface area contributed by atoms with Crippen molar-refractivity contribution in [2.75, 3.05) is 7.11 Å². The van der Waals surface area contributed by atoms with E-state index in [9.17, 15) is 4.39 Å². The molecular weight excluding hydrogens is 426 g/mol. The van der Waals surface area contributed by atoms with Gasteiger partial charge < -0.3 is 9.47 Å². The molecule has 0 aliphatic carbocycles. The van der Waals surface area contributed by atoms with Gasteiger partial charge in [-0.05, 0) is 66.2 Å². The van der Waals surface area contributed by atoms with E-state index in [0.717, 1.165) is 22.6 Å². The van der Waals surface area contributed by atoms with Gasteiger partial charge >= 0.3 is 0 Å². The molecule has 2 heterocycles. The molecule has 3 aromatic rings. The third-order valence-corrected chi connectivity index (χ3v) is 5.98. The van der Waals surface area contributed by atoms with Crippen molar-refractivity contribution in [1.29, 1.82) is 0 Å². The fourth-order valence-electron chi connectivity index (χ4n) is 3.93. The summed E-state index contributed by atoms with van der Waals surface area (Å²) in [4.78, 5) is 0. The Labute approximate surface area is 183 Å². The van der Waals surface area contributed by atoms with Gasteiger partial charge in [-0.25, -0.2) is 9.40 Å². The first kappa shape index (κ1) is 19.2. The molecule has 3 aromatic carbocycles. The number of methoxy groups -OCH3 is 1. The standard InChI is InChI=1S/C23H17Cl2FN2O2/c1-29-16-6-2-13(3-7-16)20-12-21-18-10-14(24)4-9-22(18)30-23(28(21)27-20)17-11-15(26)5-8-19(17)25/h2-11,21,23H,12H2,1H3/t21-,23-/m1/s1. The summed E-state index contributed by atoms with van der Waals surface area (Å²) in [5, 5.41) is 7.74. The third kappa shape index (κ3) is 3.28. The van der Waals surface area contributed by atoms with E-state index in [4.69, 9.17) is 37.8 Å². The molecule has 5 rings (SSSR count). The van der Waals surface area contributed by atoms with Gasteiger partial charge in [0.15, 0.2) is 0 Å². The van der Waals surface area contributed by atoms with Crippen molar-refractivity contribution in [3.63, 3.8) is 0 Å². The zero-order valence-corrected chi connectivity index (χ0v) is 17.5. The van der Waals surface area contributed by atoms with Crippen LogP contribution in [-0.4, -0.2) is 17.8 Å². The monoisotopic (exact) mass is 442 g/mol. The summed E-state index contributed by atoms with van der Waals surface area (Å²) >= 11 is 12.7. The lowest BCUT2D eigenvalue weighted by Crippen LogP contribution is -2.34. The number of hydrogen-bond donors (Lipinski definition) is 0. The second-order valence-corrected chi connectivity index (χ2v) is 8.04. The Bertz CT molecular complexity index is 1150. The molecule has 30 heavy (non-hydrogen) atoms. The second kappa shape index (κ2) is 7.49. The highest BCUT2D eigenvalue weighted by atomic mass is 35.5. The predicted octanol–water partition coefficient (Wildman–Crippen LogP) is 6.38. The van der Waals surface area contributed by atoms with Gasteiger partial charge in [-0.1, -0.05) is 23.2 Å². The van der Waals surface area contributed by atoms with E-state index in [2.05, 4.69) is 0 Å². The van der Waals surface area contributed by atoms with Crippen molar-refractivity contribution in [3.05, 3.63) is 93.2 Å². The van der Waals surface area contributed by atoms with Gasteiger partial charge in [-0.2, -0.15) is 5.10 Å². The van der Waals surface area contributed by atoms with Gasteiger partial charge in [0.05, 0.1) is 18.9 Å². The highest BCUT2D eigenvalue weighted by Gasteiger charge is 2.41. The molecule has 0 N–H and O–H groups in total. The number of ether oxygens (including phenoxy) is 2. The maximum absolute atomic E-state index is 14.0. The Kier molecular flexibility index (Phi) is 4.80. The number of nitrogens with zero attached hydrogens (tertiary/aromatic N) is 2. The molecule has 4 nitrogen and oxygen atoms in total. The van der Waals surface area contributed by atoms with Crippen molar-refractivity contribution < 1.29 is 13.9 Å². The Morgan fingerprint density at radius 2 is 1.83 bits per heavy atom. The van der Waals surface area contributed by atoms with Gasteiger partial charge in [0.1, 0.15) is 17.3 Å². The van der Waals surface area contributed by atoms with Crippen LogP contribution < -0.4 is 9.47 Å². The lowest BCUT2D eigenvalue weighted by Gasteiger charge is -2.38. The van der Waals surface area contributed by atoms with Gasteiger partial charge in [-0.15, -0.1) is 0 Å². The van der Waals surface area contributed by atoms with Crippen LogP contribution in [0.4, 0.5) is 4.39 Å². The van der Waals surface area contributed by atoms with Crippen molar-refractivity contribution in [2.45, 2.75) is 18.7 Å². The quantitative estimate of drug-likeness (QED) is 0.471. The van der Waals surface area contributed by atoms with E-state index < -0.39 is 6.23 Å². The lowest BCUT2D eigenvalue weighted by molar-refractivity contribution is -0.0191. The first-order valence-corrected chi connectivity index (χ1v) is 10.2. The molecule has 0 saturated heterocycles. The number of hydrogen-bond acceptors (Lipinski definition) is 4. The highest BCUT2D eigenvalue weighted by Crippen LogP contribution is 2.49. The number of halogens is 3. The zero-order chi connectivity index (χ0) is 20.8. The molecule has 0 saturated carbocycles. The summed E-state index contributed by atoms with van der Waals surface area (Å²) < 4.78 is 25.5. The van der Waals surface area contributed by atoms with Crippen LogP contribution >= 0.6 is 23.2 Å². The molecule has 0 fully saturated rings. The fourth-order valence-corrected chi connectivity index (χ4v) is 4.32. The summed E-state index contributed by atoms with van der Waals surface area (Å²) in [5.41, 5.74) is 3.36. The minimum Gasteiger partial charge on any atom is -0.497 e. The van der Waals surface area contributed by atoms with Crippen LogP contribution in [0.1, 0.15) is 35.4 Å². The molecule has 2 aliphatic rings. The number of fused-ring (bicyclic) bond motifs is 3. The minimum absolute atomic E-state index is 0.103. The smallest absolute Gasteiger partial charge is 0.215 e. The van der Waals surface area contributed by atoms with E-state index >= 15 is 0 Å². The van der Waals surface area contributed by atoms with Crippen molar-refractivity contribution in [1.82, 2.24) is 5.01 Å². The van der Waals surface area contributed by atoms with E-state index in [1.165, 1.54) is 18.2 Å². The Hall–Kier alpha value is -2.76. The predicted molar refractivity (Wildman–Crippen MR) is 115 cm³/mol. The van der Waals surface area contributed by atoms with Gasteiger partial charge in [0.25, 0.3) is 0 Å². The van der Waals surface area contributed by atoms with Crippen molar-refractivity contribution in [2.24, 2.45) is 5.10 Å². The largest absolute Gasteiger partial charge is 0.497 e. The van der Waals surface area contributed by atoms with E-state index in [0.29, 0.717) is 27.8 Å². The molecule has 0 aromatic heterocycles. The van der Waals surface area contributed by atoms with E-state index in [-0.39, 0.29) is 11.9 Å². The second-order valence-electron chi connectivity index (χ2n) is 7.19. The summed E-state index contributed by atoms with van der Waals surface area (Å²) in [7, 11) is 1.63. The summed E-state index contributed by atoms with van der Waals surface area (Å²) in [6.45, 7) is 0. The van der Waals surface area contributed by atoms with E-state index in [1.807, 2.05) is 41.4 Å². The lowest BCUT2D eigenvalue weighted by atomic mass is 9.96. The number of benzene rings is 3. The average Bonchev–Trinajstić information content (AvgIpc) is 3.21. The Morgan fingerprint density at radius 1 is 1.03 bits per heavy atom. The Morgan fingerprint density at radius 3 is 2.60 bits per heavy atom. The maximum Gasteiger partial charge on any atom is 0.215 e. The first-order chi connectivity index (χ1) is 14.5. The average molecular weight is 443 g/mol. The van der Waals surface area contributed by atoms with Gasteiger partial charge in [-0.3, -0.25) is 0 Å². The molecule has 0 unspecified atom stereocenters. The first-order valence-electron chi connectivity index (χ1n) is 9.45. The fraction of sp³-hybridized carbons (Fsp3) is 0.174. The summed E-state index contributed by atoms with van der Waals surface area (Å²) in [5.74, 6) is 1.09. The third-order valence-electron chi connectivity index (χ3n) is 5.40. The van der Waals surface area contributed by atoms with Crippen LogP contribution in [0.5, 0.6) is 11.5 Å². The maximum atomic E-state index is 14.0. The van der Waals surface area contributed by atoms with Crippen LogP contribution in [0.25, 0.3) is 0 Å². The van der Waals surface area contributed by atoms with E-state index in [1.54, 1.807) is 13.2 Å². The van der Waals surface area contributed by atoms with Crippen molar-refractivity contribution >= 4 is 28.9 Å². The molecule has 0 radical (unpaired) electrons. The number of rotatable bonds is 3. The summed E-state index contributed by atoms with van der Waals surface area (Å²) in [6.07, 6.45) is 0.00884. The van der Waals surface area contributed by atoms with Crippen molar-refractivity contribution in [3.8, 4) is 11.5 Å². The molecule has 0 amide bonds. The Balaban J connectivity index is 1.61. The van der Waals surface area contributed by atoms with Crippen LogP contribution in [-0.2, 0) is 0 Å². The molecule has 2 atom stereocenters. The molecule has 0 bridgehead atoms. The van der Waals surface area contributed by atoms with Crippen LogP contribution in [0.2, 0.25) is 10.0 Å². The molecule has 152 valence electrons. The topological polar surface area (TPSA) is 34.1 Å². The normalized spacial score (nSPS) is 19.6. The minimum atomic E-state index is -0.650. The molecule has 2 aliphatic heterocycles. The number of hydrazone groups is 1. The van der Waals surface area contributed by atoms with Crippen LogP contribution in [0.15, 0.2) is 65.8 Å². The molecule has 7 heteroatoms. The molecular formula is C23H17Cl2FN2O2.